The zero-order valence-corrected chi connectivity index (χ0v) is 19.7. The van der Waals surface area contributed by atoms with E-state index in [1.54, 1.807) is 48.5 Å². The van der Waals surface area contributed by atoms with Crippen LogP contribution in [-0.2, 0) is 0 Å². The fraction of sp³-hybridized carbons (Fsp3) is 0.269. The van der Waals surface area contributed by atoms with Gasteiger partial charge >= 0.3 is 0 Å². The molecule has 5 rings (SSSR count). The third kappa shape index (κ3) is 4.98. The van der Waals surface area contributed by atoms with Gasteiger partial charge in [0.25, 0.3) is 5.91 Å². The van der Waals surface area contributed by atoms with Crippen molar-refractivity contribution in [1.82, 2.24) is 29.6 Å². The molecule has 9 heteroatoms. The predicted octanol–water partition coefficient (Wildman–Crippen LogP) is 4.53. The second-order valence-corrected chi connectivity index (χ2v) is 8.35. The van der Waals surface area contributed by atoms with Gasteiger partial charge in [0.2, 0.25) is 5.88 Å². The molecule has 35 heavy (non-hydrogen) atoms. The van der Waals surface area contributed by atoms with Gasteiger partial charge < -0.3 is 14.4 Å². The van der Waals surface area contributed by atoms with Gasteiger partial charge in [-0.2, -0.15) is 10.1 Å². The quantitative estimate of drug-likeness (QED) is 0.408. The number of hydrogen-bond donors (Lipinski definition) is 0. The standard InChI is InChI=1S/C26H26N6O3/c1-18-15-24(35-21-8-5-7-20(16-21)34-2)30-25(29-18)22-9-3-4-13-31(22)26(33)19-10-11-23(27-17-19)32-14-6-12-28-32/h5-8,10-12,14-17,22H,3-4,9,13H2,1-2H3/t22-/m0/s1. The van der Waals surface area contributed by atoms with E-state index in [1.807, 2.05) is 42.3 Å². The highest BCUT2D eigenvalue weighted by Crippen LogP contribution is 2.32. The van der Waals surface area contributed by atoms with E-state index in [-0.39, 0.29) is 11.9 Å². The first-order chi connectivity index (χ1) is 17.1. The molecule has 0 unspecified atom stereocenters. The Morgan fingerprint density at radius 2 is 1.94 bits per heavy atom. The third-order valence-corrected chi connectivity index (χ3v) is 5.91. The van der Waals surface area contributed by atoms with Crippen LogP contribution >= 0.6 is 0 Å². The van der Waals surface area contributed by atoms with E-state index in [1.165, 1.54) is 0 Å². The summed E-state index contributed by atoms with van der Waals surface area (Å²) in [5.41, 5.74) is 1.30. The molecule has 0 radical (unpaired) electrons. The van der Waals surface area contributed by atoms with Crippen LogP contribution in [0.4, 0.5) is 0 Å². The lowest BCUT2D eigenvalue weighted by molar-refractivity contribution is 0.0598. The molecule has 0 bridgehead atoms. The fourth-order valence-electron chi connectivity index (χ4n) is 4.21. The van der Waals surface area contributed by atoms with Crippen molar-refractivity contribution in [2.24, 2.45) is 0 Å². The van der Waals surface area contributed by atoms with Gasteiger partial charge in [-0.15, -0.1) is 0 Å². The number of likely N-dealkylation sites (tertiary alicyclic amines) is 1. The number of hydrogen-bond acceptors (Lipinski definition) is 7. The fourth-order valence-corrected chi connectivity index (χ4v) is 4.21. The van der Waals surface area contributed by atoms with Gasteiger partial charge in [-0.1, -0.05) is 6.07 Å². The predicted molar refractivity (Wildman–Crippen MR) is 129 cm³/mol. The Bertz CT molecular complexity index is 1310. The Hall–Kier alpha value is -4.27. The normalized spacial score (nSPS) is 15.6. The summed E-state index contributed by atoms with van der Waals surface area (Å²) < 4.78 is 12.9. The van der Waals surface area contributed by atoms with Gasteiger partial charge in [0.15, 0.2) is 11.6 Å². The molecular formula is C26H26N6O3. The van der Waals surface area contributed by atoms with E-state index in [0.717, 1.165) is 25.0 Å². The van der Waals surface area contributed by atoms with E-state index in [0.29, 0.717) is 41.1 Å². The van der Waals surface area contributed by atoms with Gasteiger partial charge in [-0.25, -0.2) is 14.6 Å². The molecule has 1 saturated heterocycles. The summed E-state index contributed by atoms with van der Waals surface area (Å²) >= 11 is 0. The molecule has 3 aromatic heterocycles. The van der Waals surface area contributed by atoms with Crippen LogP contribution in [0.1, 0.15) is 47.2 Å². The van der Waals surface area contributed by atoms with Gasteiger partial charge in [-0.3, -0.25) is 4.79 Å². The van der Waals surface area contributed by atoms with Crippen LogP contribution in [0, 0.1) is 6.92 Å². The zero-order chi connectivity index (χ0) is 24.2. The number of piperidine rings is 1. The minimum atomic E-state index is -0.241. The second-order valence-electron chi connectivity index (χ2n) is 8.35. The molecule has 0 saturated carbocycles. The second kappa shape index (κ2) is 9.92. The maximum atomic E-state index is 13.5. The topological polar surface area (TPSA) is 95.3 Å². The molecular weight excluding hydrogens is 444 g/mol. The van der Waals surface area contributed by atoms with Gasteiger partial charge in [0, 0.05) is 43.0 Å². The van der Waals surface area contributed by atoms with Crippen LogP contribution in [0.2, 0.25) is 0 Å². The number of rotatable bonds is 6. The first-order valence-electron chi connectivity index (χ1n) is 11.6. The van der Waals surface area contributed by atoms with E-state index in [9.17, 15) is 4.79 Å². The van der Waals surface area contributed by atoms with E-state index in [2.05, 4.69) is 20.1 Å². The summed E-state index contributed by atoms with van der Waals surface area (Å²) in [4.78, 5) is 29.1. The minimum Gasteiger partial charge on any atom is -0.497 e. The number of carbonyl (C=O) groups excluding carboxylic acids is 1. The summed E-state index contributed by atoms with van der Waals surface area (Å²) in [5.74, 6) is 2.90. The van der Waals surface area contributed by atoms with Crippen molar-refractivity contribution >= 4 is 5.91 Å². The van der Waals surface area contributed by atoms with Crippen molar-refractivity contribution in [1.29, 1.82) is 0 Å². The smallest absolute Gasteiger partial charge is 0.256 e. The number of aryl methyl sites for hydroxylation is 1. The lowest BCUT2D eigenvalue weighted by Crippen LogP contribution is -2.39. The average molecular weight is 471 g/mol. The lowest BCUT2D eigenvalue weighted by atomic mass is 10.00. The average Bonchev–Trinajstić information content (AvgIpc) is 3.43. The van der Waals surface area contributed by atoms with Crippen LogP contribution in [-0.4, -0.2) is 49.2 Å². The van der Waals surface area contributed by atoms with Crippen molar-refractivity contribution in [3.05, 3.63) is 84.2 Å². The highest BCUT2D eigenvalue weighted by atomic mass is 16.5. The molecule has 9 nitrogen and oxygen atoms in total. The van der Waals surface area contributed by atoms with Crippen LogP contribution in [0.15, 0.2) is 67.1 Å². The maximum absolute atomic E-state index is 13.5. The van der Waals surface area contributed by atoms with Crippen molar-refractivity contribution in [3.8, 4) is 23.2 Å². The van der Waals surface area contributed by atoms with E-state index >= 15 is 0 Å². The molecule has 4 heterocycles. The van der Waals surface area contributed by atoms with Gasteiger partial charge in [-0.05, 0) is 56.5 Å². The monoisotopic (exact) mass is 470 g/mol. The van der Waals surface area contributed by atoms with Crippen LogP contribution < -0.4 is 9.47 Å². The summed E-state index contributed by atoms with van der Waals surface area (Å²) in [6.07, 6.45) is 7.80. The molecule has 1 aliphatic heterocycles. The van der Waals surface area contributed by atoms with E-state index < -0.39 is 0 Å². The van der Waals surface area contributed by atoms with Crippen LogP contribution in [0.3, 0.4) is 0 Å². The summed E-state index contributed by atoms with van der Waals surface area (Å²) in [6, 6.07) is 14.3. The molecule has 0 aliphatic carbocycles. The third-order valence-electron chi connectivity index (χ3n) is 5.91. The van der Waals surface area contributed by atoms with Crippen molar-refractivity contribution in [3.63, 3.8) is 0 Å². The molecule has 0 spiro atoms. The Morgan fingerprint density at radius 1 is 1.06 bits per heavy atom. The Labute approximate surface area is 203 Å². The van der Waals surface area contributed by atoms with Crippen LogP contribution in [0.25, 0.3) is 5.82 Å². The first kappa shape index (κ1) is 22.5. The van der Waals surface area contributed by atoms with Gasteiger partial charge in [0.1, 0.15) is 11.5 Å². The summed E-state index contributed by atoms with van der Waals surface area (Å²) in [6.45, 7) is 2.53. The lowest BCUT2D eigenvalue weighted by Gasteiger charge is -2.35. The number of amides is 1. The molecule has 1 aliphatic rings. The number of nitrogens with zero attached hydrogens (tertiary/aromatic N) is 6. The van der Waals surface area contributed by atoms with Crippen LogP contribution in [0.5, 0.6) is 17.4 Å². The minimum absolute atomic E-state index is 0.0883. The Morgan fingerprint density at radius 3 is 2.71 bits per heavy atom. The van der Waals surface area contributed by atoms with Crippen molar-refractivity contribution < 1.29 is 14.3 Å². The summed E-state index contributed by atoms with van der Waals surface area (Å²) in [7, 11) is 1.61. The first-order valence-corrected chi connectivity index (χ1v) is 11.6. The maximum Gasteiger partial charge on any atom is 0.256 e. The Kier molecular flexibility index (Phi) is 6.38. The molecule has 1 fully saturated rings. The molecule has 4 aromatic rings. The number of ether oxygens (including phenoxy) is 2. The van der Waals surface area contributed by atoms with Crippen molar-refractivity contribution in [2.45, 2.75) is 32.2 Å². The zero-order valence-electron chi connectivity index (χ0n) is 19.7. The number of aromatic nitrogens is 5. The largest absolute Gasteiger partial charge is 0.497 e. The molecule has 1 amide bonds. The number of benzene rings is 1. The van der Waals surface area contributed by atoms with Crippen molar-refractivity contribution in [2.75, 3.05) is 13.7 Å². The van der Waals surface area contributed by atoms with E-state index in [4.69, 9.17) is 9.47 Å². The molecule has 1 aromatic carbocycles. The van der Waals surface area contributed by atoms with Gasteiger partial charge in [0.05, 0.1) is 18.7 Å². The Balaban J connectivity index is 1.39. The summed E-state index contributed by atoms with van der Waals surface area (Å²) in [5, 5.41) is 4.18. The number of methoxy groups -OCH3 is 1. The molecule has 1 atom stereocenters. The highest BCUT2D eigenvalue weighted by Gasteiger charge is 2.31. The molecule has 0 N–H and O–H groups in total. The number of carbonyl (C=O) groups is 1. The highest BCUT2D eigenvalue weighted by molar-refractivity contribution is 5.94. The SMILES string of the molecule is COc1cccc(Oc2cc(C)nc([C@@H]3CCCCN3C(=O)c3ccc(-n4cccn4)nc3)n2)c1. The molecule has 178 valence electrons. The number of pyridine rings is 1.